The third-order valence-electron chi connectivity index (χ3n) is 5.20. The number of aryl methyl sites for hydroxylation is 1. The molecule has 1 unspecified atom stereocenters. The van der Waals surface area contributed by atoms with Crippen molar-refractivity contribution < 1.29 is 23.6 Å². The van der Waals surface area contributed by atoms with Crippen molar-refractivity contribution in [3.63, 3.8) is 0 Å². The van der Waals surface area contributed by atoms with Gasteiger partial charge in [-0.05, 0) is 63.6 Å². The second-order valence-electron chi connectivity index (χ2n) is 8.62. The van der Waals surface area contributed by atoms with E-state index in [9.17, 15) is 19.7 Å². The third-order valence-corrected chi connectivity index (χ3v) is 6.60. The zero-order valence-corrected chi connectivity index (χ0v) is 20.1. The summed E-state index contributed by atoms with van der Waals surface area (Å²) >= 11 is -1.70. The molecule has 9 nitrogen and oxygen atoms in total. The van der Waals surface area contributed by atoms with Crippen molar-refractivity contribution in [3.05, 3.63) is 59.1 Å². The van der Waals surface area contributed by atoms with Crippen LogP contribution in [0.25, 0.3) is 22.0 Å². The third kappa shape index (κ3) is 4.00. The Balaban J connectivity index is 2.08. The van der Waals surface area contributed by atoms with Crippen molar-refractivity contribution >= 4 is 45.2 Å². The van der Waals surface area contributed by atoms with E-state index in [0.717, 1.165) is 4.57 Å². The van der Waals surface area contributed by atoms with Gasteiger partial charge in [-0.1, -0.05) is 4.40 Å². The molecule has 174 valence electrons. The van der Waals surface area contributed by atoms with E-state index < -0.39 is 22.2 Å². The Morgan fingerprint density at radius 2 is 2.06 bits per heavy atom. The number of rotatable bonds is 4. The summed E-state index contributed by atoms with van der Waals surface area (Å²) in [7, 11) is 1.49. The van der Waals surface area contributed by atoms with Crippen LogP contribution in [0.1, 0.15) is 43.4 Å². The molecule has 0 fully saturated rings. The lowest BCUT2D eigenvalue weighted by molar-refractivity contribution is 0.197. The van der Waals surface area contributed by atoms with Gasteiger partial charge in [0.05, 0.1) is 29.8 Å². The van der Waals surface area contributed by atoms with Crippen LogP contribution in [0, 0.1) is 18.3 Å². The molecule has 0 bridgehead atoms. The van der Waals surface area contributed by atoms with E-state index in [-0.39, 0.29) is 11.6 Å². The predicted molar refractivity (Wildman–Crippen MR) is 129 cm³/mol. The van der Waals surface area contributed by atoms with Gasteiger partial charge in [0, 0.05) is 11.6 Å². The molecule has 0 spiro atoms. The van der Waals surface area contributed by atoms with Crippen LogP contribution in [0.3, 0.4) is 0 Å². The molecule has 0 aliphatic heterocycles. The molecule has 0 saturated carbocycles. The molecule has 2 aromatic carbocycles. The number of ether oxygens (including phenoxy) is 1. The topological polar surface area (TPSA) is 137 Å². The van der Waals surface area contributed by atoms with E-state index >= 15 is 0 Å². The van der Waals surface area contributed by atoms with Crippen molar-refractivity contribution in [2.24, 2.45) is 4.40 Å². The molecular formula is C24H22N4O5S. The van der Waals surface area contributed by atoms with Gasteiger partial charge in [0.1, 0.15) is 27.4 Å². The molecular weight excluding hydrogens is 456 g/mol. The Labute approximate surface area is 198 Å². The van der Waals surface area contributed by atoms with E-state index in [0.29, 0.717) is 44.4 Å². The second-order valence-corrected chi connectivity index (χ2v) is 10.5. The van der Waals surface area contributed by atoms with E-state index in [1.54, 1.807) is 58.0 Å². The number of carbonyl (C=O) groups is 1. The van der Waals surface area contributed by atoms with Gasteiger partial charge in [0.2, 0.25) is 0 Å². The van der Waals surface area contributed by atoms with Gasteiger partial charge in [-0.3, -0.25) is 4.57 Å². The lowest BCUT2D eigenvalue weighted by atomic mass is 10.0. The van der Waals surface area contributed by atoms with Crippen LogP contribution in [0.4, 0.5) is 4.79 Å². The maximum absolute atomic E-state index is 13.1. The zero-order valence-electron chi connectivity index (χ0n) is 19.2. The van der Waals surface area contributed by atoms with Gasteiger partial charge >= 0.3 is 6.09 Å². The van der Waals surface area contributed by atoms with Crippen LogP contribution in [-0.2, 0) is 11.4 Å². The van der Waals surface area contributed by atoms with Gasteiger partial charge in [-0.2, -0.15) is 5.26 Å². The molecule has 4 aromatic rings. The van der Waals surface area contributed by atoms with E-state index in [4.69, 9.17) is 9.15 Å². The molecule has 1 atom stereocenters. The summed E-state index contributed by atoms with van der Waals surface area (Å²) in [5.74, 6) is 0.479. The van der Waals surface area contributed by atoms with E-state index in [1.165, 1.54) is 13.3 Å². The maximum Gasteiger partial charge on any atom is 0.416 e. The first-order valence-corrected chi connectivity index (χ1v) is 11.4. The van der Waals surface area contributed by atoms with Crippen LogP contribution < -0.4 is 4.74 Å². The highest BCUT2D eigenvalue weighted by Crippen LogP contribution is 2.35. The SMILES string of the molecule is COc1cc(C)c2c(ccn2C(=O)O)c1C(=N[S+]([O-])C(C)(C)C)c1nc2cc(C#N)ccc2o1. The van der Waals surface area contributed by atoms with Crippen molar-refractivity contribution in [2.45, 2.75) is 32.4 Å². The van der Waals surface area contributed by atoms with E-state index in [2.05, 4.69) is 15.5 Å². The number of carboxylic acid groups (broad SMARTS) is 1. The number of hydrogen-bond donors (Lipinski definition) is 1. The van der Waals surface area contributed by atoms with Crippen LogP contribution in [0.5, 0.6) is 5.75 Å². The minimum Gasteiger partial charge on any atom is -0.591 e. The lowest BCUT2D eigenvalue weighted by Gasteiger charge is -2.20. The summed E-state index contributed by atoms with van der Waals surface area (Å²) in [6, 6.07) is 10.2. The first-order chi connectivity index (χ1) is 16.0. The molecule has 34 heavy (non-hydrogen) atoms. The van der Waals surface area contributed by atoms with Crippen molar-refractivity contribution in [3.8, 4) is 11.8 Å². The summed E-state index contributed by atoms with van der Waals surface area (Å²) in [5.41, 5.74) is 2.97. The first kappa shape index (κ1) is 23.4. The number of nitrogens with zero attached hydrogens (tertiary/aromatic N) is 4. The average Bonchev–Trinajstić information content (AvgIpc) is 3.41. The zero-order chi connectivity index (χ0) is 24.8. The Morgan fingerprint density at radius 1 is 1.32 bits per heavy atom. The molecule has 10 heteroatoms. The smallest absolute Gasteiger partial charge is 0.416 e. The number of benzene rings is 2. The summed E-state index contributed by atoms with van der Waals surface area (Å²) in [5, 5.41) is 19.4. The second kappa shape index (κ2) is 8.52. The Hall–Kier alpha value is -3.81. The predicted octanol–water partition coefficient (Wildman–Crippen LogP) is 4.80. The highest BCUT2D eigenvalue weighted by atomic mass is 32.2. The van der Waals surface area contributed by atoms with Crippen molar-refractivity contribution in [2.75, 3.05) is 7.11 Å². The number of nitriles is 1. The fourth-order valence-electron chi connectivity index (χ4n) is 3.58. The van der Waals surface area contributed by atoms with Crippen molar-refractivity contribution in [1.29, 1.82) is 5.26 Å². The molecule has 2 aromatic heterocycles. The minimum atomic E-state index is -1.70. The Morgan fingerprint density at radius 3 is 2.68 bits per heavy atom. The Bertz CT molecular complexity index is 1500. The molecule has 0 aliphatic rings. The summed E-state index contributed by atoms with van der Waals surface area (Å²) < 4.78 is 29.6. The van der Waals surface area contributed by atoms with Gasteiger partial charge < -0.3 is 18.8 Å². The summed E-state index contributed by atoms with van der Waals surface area (Å²) in [4.78, 5) is 16.3. The molecule has 0 radical (unpaired) electrons. The first-order valence-electron chi connectivity index (χ1n) is 10.3. The minimum absolute atomic E-state index is 0.0780. The van der Waals surface area contributed by atoms with Gasteiger partial charge in [0.15, 0.2) is 11.3 Å². The number of fused-ring (bicyclic) bond motifs is 2. The molecule has 2 heterocycles. The summed E-state index contributed by atoms with van der Waals surface area (Å²) in [6.45, 7) is 7.15. The molecule has 0 saturated heterocycles. The van der Waals surface area contributed by atoms with Gasteiger partial charge in [-0.15, -0.1) is 0 Å². The molecule has 4 rings (SSSR count). The van der Waals surface area contributed by atoms with Gasteiger partial charge in [0.25, 0.3) is 5.89 Å². The standard InChI is InChI=1S/C24H22N4O5S/c1-13-10-18(32-5)19(15-8-9-28(21(13)15)23(29)30)20(27-34(31)24(2,3)4)22-26-16-11-14(12-25)6-7-17(16)33-22/h6-11H,1-5H3,(H,29,30). The highest BCUT2D eigenvalue weighted by molar-refractivity contribution is 7.91. The molecule has 1 N–H and O–H groups in total. The summed E-state index contributed by atoms with van der Waals surface area (Å²) in [6.07, 6.45) is 0.295. The van der Waals surface area contributed by atoms with Crippen LogP contribution in [0.15, 0.2) is 45.3 Å². The number of oxazole rings is 1. The Kier molecular flexibility index (Phi) is 5.85. The number of methoxy groups -OCH3 is 1. The van der Waals surface area contributed by atoms with Crippen LogP contribution in [-0.4, -0.2) is 42.9 Å². The number of aromatic nitrogens is 2. The van der Waals surface area contributed by atoms with Gasteiger partial charge in [-0.25, -0.2) is 9.78 Å². The van der Waals surface area contributed by atoms with Crippen molar-refractivity contribution in [1.82, 2.24) is 9.55 Å². The fraction of sp³-hybridized carbons (Fsp3) is 0.250. The molecule has 0 amide bonds. The monoisotopic (exact) mass is 478 g/mol. The number of hydrogen-bond acceptors (Lipinski definition) is 7. The average molecular weight is 479 g/mol. The fourth-order valence-corrected chi connectivity index (χ4v) is 4.19. The highest BCUT2D eigenvalue weighted by Gasteiger charge is 2.32. The van der Waals surface area contributed by atoms with E-state index in [1.807, 2.05) is 0 Å². The lowest BCUT2D eigenvalue weighted by Crippen LogP contribution is -2.27. The normalized spacial score (nSPS) is 13.3. The maximum atomic E-state index is 13.1. The van der Waals surface area contributed by atoms with Crippen LogP contribution >= 0.6 is 0 Å². The largest absolute Gasteiger partial charge is 0.591 e. The quantitative estimate of drug-likeness (QED) is 0.329. The van der Waals surface area contributed by atoms with Crippen LogP contribution in [0.2, 0.25) is 0 Å². The molecule has 0 aliphatic carbocycles.